The first kappa shape index (κ1) is 25.8. The standard InChI is InChI=1S/C28H26ClFN4O4/c29-21-8-4-19(5-9-21)26(36)33-15-12-28(13-16-33)34(27(37)20-6-10-22(30)11-7-20)24(18-38-28)25(35)32-17-23-3-1-2-14-31-23/h1-11,14,24H,12-13,15-18H2,(H,32,35)/t24-/m1/s1. The van der Waals surface area contributed by atoms with Crippen molar-refractivity contribution in [3.05, 3.63) is 101 Å². The number of pyridine rings is 1. The first-order chi connectivity index (χ1) is 18.4. The van der Waals surface area contributed by atoms with Crippen molar-refractivity contribution in [2.24, 2.45) is 0 Å². The van der Waals surface area contributed by atoms with E-state index in [1.54, 1.807) is 47.5 Å². The lowest BCUT2D eigenvalue weighted by Gasteiger charge is -2.44. The lowest BCUT2D eigenvalue weighted by molar-refractivity contribution is -0.128. The zero-order chi connectivity index (χ0) is 26.7. The molecule has 1 aromatic heterocycles. The number of rotatable bonds is 5. The van der Waals surface area contributed by atoms with Crippen LogP contribution in [0.1, 0.15) is 39.3 Å². The van der Waals surface area contributed by atoms with Gasteiger partial charge in [-0.3, -0.25) is 24.3 Å². The molecule has 2 aliphatic heterocycles. The van der Waals surface area contributed by atoms with Crippen LogP contribution in [0.4, 0.5) is 4.39 Å². The zero-order valence-corrected chi connectivity index (χ0v) is 21.2. The van der Waals surface area contributed by atoms with Gasteiger partial charge in [0.05, 0.1) is 18.8 Å². The summed E-state index contributed by atoms with van der Waals surface area (Å²) in [7, 11) is 0. The Morgan fingerprint density at radius 2 is 1.63 bits per heavy atom. The van der Waals surface area contributed by atoms with Gasteiger partial charge in [-0.25, -0.2) is 4.39 Å². The van der Waals surface area contributed by atoms with Crippen molar-refractivity contribution in [3.8, 4) is 0 Å². The van der Waals surface area contributed by atoms with Crippen LogP contribution in [0.3, 0.4) is 0 Å². The van der Waals surface area contributed by atoms with Crippen molar-refractivity contribution < 1.29 is 23.5 Å². The van der Waals surface area contributed by atoms with Crippen LogP contribution in [0.25, 0.3) is 0 Å². The van der Waals surface area contributed by atoms with Gasteiger partial charge in [0.15, 0.2) is 0 Å². The lowest BCUT2D eigenvalue weighted by Crippen LogP contribution is -2.59. The molecule has 0 aliphatic carbocycles. The molecule has 1 N–H and O–H groups in total. The van der Waals surface area contributed by atoms with Gasteiger partial charge in [-0.15, -0.1) is 0 Å². The average Bonchev–Trinajstić information content (AvgIpc) is 3.31. The highest BCUT2D eigenvalue weighted by molar-refractivity contribution is 6.30. The average molecular weight is 537 g/mol. The molecule has 1 spiro atoms. The van der Waals surface area contributed by atoms with E-state index in [1.165, 1.54) is 29.2 Å². The summed E-state index contributed by atoms with van der Waals surface area (Å²) >= 11 is 5.95. The number of carbonyl (C=O) groups is 3. The largest absolute Gasteiger partial charge is 0.353 e. The lowest BCUT2D eigenvalue weighted by atomic mass is 9.96. The number of benzene rings is 2. The smallest absolute Gasteiger partial charge is 0.256 e. The van der Waals surface area contributed by atoms with Crippen molar-refractivity contribution in [3.63, 3.8) is 0 Å². The molecule has 0 saturated carbocycles. The van der Waals surface area contributed by atoms with Crippen molar-refractivity contribution in [2.75, 3.05) is 19.7 Å². The second-order valence-corrected chi connectivity index (χ2v) is 9.73. The number of nitrogens with one attached hydrogen (secondary N) is 1. The van der Waals surface area contributed by atoms with E-state index < -0.39 is 23.5 Å². The van der Waals surface area contributed by atoms with Crippen molar-refractivity contribution >= 4 is 29.3 Å². The molecule has 196 valence electrons. The maximum Gasteiger partial charge on any atom is 0.256 e. The predicted molar refractivity (Wildman–Crippen MR) is 138 cm³/mol. The van der Waals surface area contributed by atoms with Gasteiger partial charge < -0.3 is 15.0 Å². The topological polar surface area (TPSA) is 91.8 Å². The van der Waals surface area contributed by atoms with Gasteiger partial charge >= 0.3 is 0 Å². The highest BCUT2D eigenvalue weighted by Gasteiger charge is 2.54. The van der Waals surface area contributed by atoms with E-state index in [4.69, 9.17) is 16.3 Å². The monoisotopic (exact) mass is 536 g/mol. The molecule has 5 rings (SSSR count). The van der Waals surface area contributed by atoms with E-state index in [-0.39, 0.29) is 30.5 Å². The van der Waals surface area contributed by atoms with Gasteiger partial charge in [0.2, 0.25) is 5.91 Å². The Labute approximate surface area is 224 Å². The van der Waals surface area contributed by atoms with Crippen LogP contribution < -0.4 is 5.32 Å². The molecular formula is C28H26ClFN4O4. The van der Waals surface area contributed by atoms with Crippen molar-refractivity contribution in [2.45, 2.75) is 31.2 Å². The molecule has 3 aromatic rings. The third-order valence-corrected chi connectivity index (χ3v) is 7.22. The van der Waals surface area contributed by atoms with E-state index in [1.807, 2.05) is 6.07 Å². The molecule has 2 aromatic carbocycles. The molecule has 1 atom stereocenters. The van der Waals surface area contributed by atoms with Gasteiger partial charge in [-0.2, -0.15) is 0 Å². The fraction of sp³-hybridized carbons (Fsp3) is 0.286. The minimum Gasteiger partial charge on any atom is -0.353 e. The Balaban J connectivity index is 1.36. The summed E-state index contributed by atoms with van der Waals surface area (Å²) in [5.41, 5.74) is 0.372. The molecule has 0 bridgehead atoms. The van der Waals surface area contributed by atoms with Crippen LogP contribution in [0.2, 0.25) is 5.02 Å². The Morgan fingerprint density at radius 1 is 0.974 bits per heavy atom. The molecule has 2 fully saturated rings. The Morgan fingerprint density at radius 3 is 2.29 bits per heavy atom. The summed E-state index contributed by atoms with van der Waals surface area (Å²) in [5.74, 6) is -1.41. The van der Waals surface area contributed by atoms with Gasteiger partial charge in [0.25, 0.3) is 11.8 Å². The van der Waals surface area contributed by atoms with E-state index in [0.717, 1.165) is 0 Å². The van der Waals surface area contributed by atoms with Crippen molar-refractivity contribution in [1.29, 1.82) is 0 Å². The highest BCUT2D eigenvalue weighted by atomic mass is 35.5. The number of amides is 3. The zero-order valence-electron chi connectivity index (χ0n) is 20.5. The summed E-state index contributed by atoms with van der Waals surface area (Å²) in [4.78, 5) is 47.4. The number of likely N-dealkylation sites (tertiary alicyclic amines) is 1. The van der Waals surface area contributed by atoms with Crippen LogP contribution in [0.5, 0.6) is 0 Å². The van der Waals surface area contributed by atoms with E-state index >= 15 is 0 Å². The third-order valence-electron chi connectivity index (χ3n) is 6.97. The van der Waals surface area contributed by atoms with Crippen LogP contribution in [0.15, 0.2) is 72.9 Å². The number of hydrogen-bond acceptors (Lipinski definition) is 5. The first-order valence-corrected chi connectivity index (χ1v) is 12.7. The molecule has 3 heterocycles. The summed E-state index contributed by atoms with van der Waals surface area (Å²) in [6.07, 6.45) is 2.28. The van der Waals surface area contributed by atoms with E-state index in [2.05, 4.69) is 10.3 Å². The van der Waals surface area contributed by atoms with Crippen LogP contribution in [-0.4, -0.2) is 64.0 Å². The molecule has 2 aliphatic rings. The van der Waals surface area contributed by atoms with E-state index in [0.29, 0.717) is 42.2 Å². The summed E-state index contributed by atoms with van der Waals surface area (Å²) in [6.45, 7) is 0.866. The SMILES string of the molecule is O=C(NCc1ccccn1)[C@H]1COC2(CCN(C(=O)c3ccc(Cl)cc3)CC2)N1C(=O)c1ccc(F)cc1. The number of ether oxygens (including phenoxy) is 1. The third kappa shape index (κ3) is 5.25. The van der Waals surface area contributed by atoms with Gasteiger partial charge in [-0.1, -0.05) is 17.7 Å². The number of aromatic nitrogens is 1. The first-order valence-electron chi connectivity index (χ1n) is 12.3. The van der Waals surface area contributed by atoms with Gasteiger partial charge in [-0.05, 0) is 60.7 Å². The minimum absolute atomic E-state index is 0.00607. The number of hydrogen-bond donors (Lipinski definition) is 1. The Hall–Kier alpha value is -3.82. The Bertz CT molecular complexity index is 1310. The predicted octanol–water partition coefficient (Wildman–Crippen LogP) is 3.66. The number of halogens is 2. The Kier molecular flexibility index (Phi) is 7.40. The molecule has 8 nitrogen and oxygen atoms in total. The van der Waals surface area contributed by atoms with Gasteiger partial charge in [0, 0.05) is 48.3 Å². The second kappa shape index (κ2) is 10.9. The number of piperidine rings is 1. The fourth-order valence-corrected chi connectivity index (χ4v) is 5.06. The number of nitrogens with zero attached hydrogens (tertiary/aromatic N) is 3. The van der Waals surface area contributed by atoms with Crippen LogP contribution >= 0.6 is 11.6 Å². The normalized spacial score (nSPS) is 18.4. The maximum atomic E-state index is 13.7. The minimum atomic E-state index is -1.07. The van der Waals surface area contributed by atoms with E-state index in [9.17, 15) is 18.8 Å². The molecule has 0 unspecified atom stereocenters. The van der Waals surface area contributed by atoms with Crippen LogP contribution in [-0.2, 0) is 16.1 Å². The molecule has 38 heavy (non-hydrogen) atoms. The molecule has 0 radical (unpaired) electrons. The summed E-state index contributed by atoms with van der Waals surface area (Å²) in [5, 5.41) is 3.39. The fourth-order valence-electron chi connectivity index (χ4n) is 4.93. The molecule has 3 amide bonds. The van der Waals surface area contributed by atoms with Crippen molar-refractivity contribution in [1.82, 2.24) is 20.1 Å². The molecule has 10 heteroatoms. The van der Waals surface area contributed by atoms with Gasteiger partial charge in [0.1, 0.15) is 17.6 Å². The molecular weight excluding hydrogens is 511 g/mol. The van der Waals surface area contributed by atoms with Crippen LogP contribution in [0, 0.1) is 5.82 Å². The quantitative estimate of drug-likeness (QED) is 0.537. The highest BCUT2D eigenvalue weighted by Crippen LogP contribution is 2.39. The summed E-state index contributed by atoms with van der Waals surface area (Å²) in [6, 6.07) is 16.4. The molecule has 2 saturated heterocycles. The second-order valence-electron chi connectivity index (χ2n) is 9.29. The summed E-state index contributed by atoms with van der Waals surface area (Å²) < 4.78 is 19.8. The number of carbonyl (C=O) groups excluding carboxylic acids is 3. The maximum absolute atomic E-state index is 13.7.